The van der Waals surface area contributed by atoms with Crippen LogP contribution in [-0.2, 0) is 0 Å². The fourth-order valence-electron chi connectivity index (χ4n) is 2.85. The molecule has 1 atom stereocenters. The van der Waals surface area contributed by atoms with Gasteiger partial charge in [-0.05, 0) is 30.9 Å². The highest BCUT2D eigenvalue weighted by atomic mass is 19.2. The maximum atomic E-state index is 13.6. The van der Waals surface area contributed by atoms with Crippen LogP contribution in [0.3, 0.4) is 0 Å². The predicted octanol–water partition coefficient (Wildman–Crippen LogP) is 2.74. The first-order valence-electron chi connectivity index (χ1n) is 7.19. The van der Waals surface area contributed by atoms with E-state index >= 15 is 0 Å². The Labute approximate surface area is 121 Å². The highest BCUT2D eigenvalue weighted by molar-refractivity contribution is 5.94. The molecule has 116 valence electrons. The molecule has 6 heteroatoms. The molecule has 0 radical (unpaired) electrons. The van der Waals surface area contributed by atoms with Gasteiger partial charge in [0.15, 0.2) is 17.5 Å². The van der Waals surface area contributed by atoms with Gasteiger partial charge in [-0.15, -0.1) is 0 Å². The molecule has 1 fully saturated rings. The lowest BCUT2D eigenvalue weighted by atomic mass is 9.84. The summed E-state index contributed by atoms with van der Waals surface area (Å²) in [6, 6.07) is 1.41. The van der Waals surface area contributed by atoms with Crippen molar-refractivity contribution in [1.29, 1.82) is 0 Å². The second kappa shape index (κ2) is 6.93. The van der Waals surface area contributed by atoms with Crippen molar-refractivity contribution in [3.8, 4) is 0 Å². The smallest absolute Gasteiger partial charge is 0.254 e. The maximum absolute atomic E-state index is 13.6. The molecule has 0 bridgehead atoms. The van der Waals surface area contributed by atoms with Gasteiger partial charge < -0.3 is 11.1 Å². The van der Waals surface area contributed by atoms with Gasteiger partial charge in [-0.25, -0.2) is 13.2 Å². The topological polar surface area (TPSA) is 55.1 Å². The van der Waals surface area contributed by atoms with Gasteiger partial charge in [-0.3, -0.25) is 4.79 Å². The third-order valence-electron chi connectivity index (χ3n) is 4.07. The van der Waals surface area contributed by atoms with Crippen LogP contribution in [0.5, 0.6) is 0 Å². The van der Waals surface area contributed by atoms with Gasteiger partial charge in [0.2, 0.25) is 0 Å². The molecule has 0 aliphatic heterocycles. The van der Waals surface area contributed by atoms with Crippen LogP contribution in [0, 0.1) is 23.4 Å². The van der Waals surface area contributed by atoms with Crippen LogP contribution >= 0.6 is 0 Å². The van der Waals surface area contributed by atoms with Gasteiger partial charge in [-0.1, -0.05) is 19.3 Å². The highest BCUT2D eigenvalue weighted by Gasteiger charge is 2.26. The molecule has 2 rings (SSSR count). The number of nitrogens with two attached hydrogens (primary N) is 1. The average Bonchev–Trinajstić information content (AvgIpc) is 2.51. The van der Waals surface area contributed by atoms with Gasteiger partial charge in [0, 0.05) is 12.6 Å². The van der Waals surface area contributed by atoms with Gasteiger partial charge in [-0.2, -0.15) is 0 Å². The van der Waals surface area contributed by atoms with Crippen LogP contribution in [-0.4, -0.2) is 18.5 Å². The van der Waals surface area contributed by atoms with Crippen LogP contribution in [0.25, 0.3) is 0 Å². The zero-order valence-corrected chi connectivity index (χ0v) is 11.7. The van der Waals surface area contributed by atoms with E-state index < -0.39 is 28.9 Å². The van der Waals surface area contributed by atoms with E-state index in [0.717, 1.165) is 37.8 Å². The summed E-state index contributed by atoms with van der Waals surface area (Å²) in [4.78, 5) is 12.0. The summed E-state index contributed by atoms with van der Waals surface area (Å²) in [5, 5.41) is 2.65. The van der Waals surface area contributed by atoms with Crippen molar-refractivity contribution in [2.45, 2.75) is 38.1 Å². The van der Waals surface area contributed by atoms with E-state index in [-0.39, 0.29) is 18.5 Å². The summed E-state index contributed by atoms with van der Waals surface area (Å²) >= 11 is 0. The van der Waals surface area contributed by atoms with Gasteiger partial charge >= 0.3 is 0 Å². The summed E-state index contributed by atoms with van der Waals surface area (Å²) in [6.07, 6.45) is 5.25. The lowest BCUT2D eigenvalue weighted by Crippen LogP contribution is -2.46. The van der Waals surface area contributed by atoms with Gasteiger partial charge in [0.05, 0.1) is 5.56 Å². The lowest BCUT2D eigenvalue weighted by molar-refractivity contribution is 0.0910. The van der Waals surface area contributed by atoms with Crippen molar-refractivity contribution < 1.29 is 18.0 Å². The predicted molar refractivity (Wildman–Crippen MR) is 73.2 cm³/mol. The fourth-order valence-corrected chi connectivity index (χ4v) is 2.85. The summed E-state index contributed by atoms with van der Waals surface area (Å²) in [5.74, 6) is -4.92. The molecule has 1 aliphatic rings. The van der Waals surface area contributed by atoms with E-state index in [1.54, 1.807) is 0 Å². The van der Waals surface area contributed by atoms with Crippen molar-refractivity contribution in [2.24, 2.45) is 11.7 Å². The van der Waals surface area contributed by atoms with E-state index in [4.69, 9.17) is 5.73 Å². The molecule has 1 saturated carbocycles. The first-order valence-corrected chi connectivity index (χ1v) is 7.19. The van der Waals surface area contributed by atoms with Crippen LogP contribution in [0.1, 0.15) is 42.5 Å². The Morgan fingerprint density at radius 1 is 1.19 bits per heavy atom. The van der Waals surface area contributed by atoms with Crippen LogP contribution in [0.4, 0.5) is 13.2 Å². The van der Waals surface area contributed by atoms with Crippen LogP contribution in [0.15, 0.2) is 12.1 Å². The molecule has 1 aliphatic carbocycles. The van der Waals surface area contributed by atoms with Crippen molar-refractivity contribution in [3.63, 3.8) is 0 Å². The number of benzene rings is 1. The molecule has 1 aromatic rings. The fraction of sp³-hybridized carbons (Fsp3) is 0.533. The molecule has 1 unspecified atom stereocenters. The van der Waals surface area contributed by atoms with E-state index in [9.17, 15) is 18.0 Å². The lowest BCUT2D eigenvalue weighted by Gasteiger charge is -2.30. The molecule has 3 N–H and O–H groups in total. The molecule has 21 heavy (non-hydrogen) atoms. The Hall–Kier alpha value is -1.56. The minimum absolute atomic E-state index is 0.238. The normalized spacial score (nSPS) is 17.5. The standard InChI is InChI=1S/C15H19F3N2O/c16-11-7-6-10(13(17)14(11)18)15(21)20-12(8-19)9-4-2-1-3-5-9/h6-7,9,12H,1-5,8,19H2,(H,20,21). The monoisotopic (exact) mass is 300 g/mol. The number of nitrogens with one attached hydrogen (secondary N) is 1. The zero-order valence-electron chi connectivity index (χ0n) is 11.7. The van der Waals surface area contributed by atoms with Crippen molar-refractivity contribution in [1.82, 2.24) is 5.32 Å². The van der Waals surface area contributed by atoms with E-state index in [2.05, 4.69) is 5.32 Å². The molecular formula is C15H19F3N2O. The largest absolute Gasteiger partial charge is 0.348 e. The second-order valence-electron chi connectivity index (χ2n) is 5.44. The first-order chi connectivity index (χ1) is 10.0. The van der Waals surface area contributed by atoms with Crippen molar-refractivity contribution >= 4 is 5.91 Å². The summed E-state index contributed by atoms with van der Waals surface area (Å²) in [5.41, 5.74) is 5.18. The molecule has 3 nitrogen and oxygen atoms in total. The minimum atomic E-state index is -1.63. The Morgan fingerprint density at radius 2 is 1.86 bits per heavy atom. The summed E-state index contributed by atoms with van der Waals surface area (Å²) in [7, 11) is 0. The Balaban J connectivity index is 2.10. The number of hydrogen-bond donors (Lipinski definition) is 2. The zero-order chi connectivity index (χ0) is 15.4. The number of carbonyl (C=O) groups excluding carboxylic acids is 1. The molecule has 1 amide bonds. The molecule has 0 saturated heterocycles. The Morgan fingerprint density at radius 3 is 2.48 bits per heavy atom. The molecule has 0 spiro atoms. The third kappa shape index (κ3) is 3.56. The van der Waals surface area contributed by atoms with Crippen molar-refractivity contribution in [2.75, 3.05) is 6.54 Å². The Bertz CT molecular complexity index is 516. The van der Waals surface area contributed by atoms with E-state index in [1.807, 2.05) is 0 Å². The SMILES string of the molecule is NCC(NC(=O)c1ccc(F)c(F)c1F)C1CCCCC1. The maximum Gasteiger partial charge on any atom is 0.254 e. The van der Waals surface area contributed by atoms with Crippen LogP contribution in [0.2, 0.25) is 0 Å². The minimum Gasteiger partial charge on any atom is -0.348 e. The number of carbonyl (C=O) groups is 1. The highest BCUT2D eigenvalue weighted by Crippen LogP contribution is 2.26. The molecular weight excluding hydrogens is 281 g/mol. The van der Waals surface area contributed by atoms with Gasteiger partial charge in [0.1, 0.15) is 0 Å². The number of amides is 1. The molecule has 0 heterocycles. The quantitative estimate of drug-likeness (QED) is 0.840. The van der Waals surface area contributed by atoms with Crippen LogP contribution < -0.4 is 11.1 Å². The molecule has 1 aromatic carbocycles. The number of rotatable bonds is 4. The molecule has 0 aromatic heterocycles. The van der Waals surface area contributed by atoms with Gasteiger partial charge in [0.25, 0.3) is 5.91 Å². The van der Waals surface area contributed by atoms with E-state index in [1.165, 1.54) is 6.42 Å². The summed E-state index contributed by atoms with van der Waals surface area (Å²) < 4.78 is 39.6. The Kier molecular flexibility index (Phi) is 5.22. The van der Waals surface area contributed by atoms with Crippen molar-refractivity contribution in [3.05, 3.63) is 35.1 Å². The number of halogens is 3. The first kappa shape index (κ1) is 15.8. The summed E-state index contributed by atoms with van der Waals surface area (Å²) in [6.45, 7) is 0.238. The van der Waals surface area contributed by atoms with E-state index in [0.29, 0.717) is 0 Å². The third-order valence-corrected chi connectivity index (χ3v) is 4.07. The average molecular weight is 300 g/mol. The number of hydrogen-bond acceptors (Lipinski definition) is 2. The second-order valence-corrected chi connectivity index (χ2v) is 5.44.